The predicted molar refractivity (Wildman–Crippen MR) is 92.5 cm³/mol. The van der Waals surface area contributed by atoms with Crippen LogP contribution in [0.15, 0.2) is 47.6 Å². The highest BCUT2D eigenvalue weighted by Gasteiger charge is 2.10. The Bertz CT molecular complexity index is 812. The minimum Gasteiger partial charge on any atom is -0.462 e. The molecule has 0 atom stereocenters. The third-order valence-corrected chi connectivity index (χ3v) is 4.31. The first kappa shape index (κ1) is 15.4. The number of imidazole rings is 1. The number of aromatic nitrogens is 2. The van der Waals surface area contributed by atoms with Crippen LogP contribution in [0.5, 0.6) is 0 Å². The molecule has 0 spiro atoms. The highest BCUT2D eigenvalue weighted by molar-refractivity contribution is 7.98. The Morgan fingerprint density at radius 2 is 2.13 bits per heavy atom. The van der Waals surface area contributed by atoms with Gasteiger partial charge in [-0.3, -0.25) is 0 Å². The van der Waals surface area contributed by atoms with Gasteiger partial charge in [-0.15, -0.1) is 0 Å². The number of fused-ring (bicyclic) bond motifs is 1. The monoisotopic (exact) mass is 327 g/mol. The van der Waals surface area contributed by atoms with Gasteiger partial charge in [-0.1, -0.05) is 23.9 Å². The van der Waals surface area contributed by atoms with E-state index in [1.807, 2.05) is 24.3 Å². The highest BCUT2D eigenvalue weighted by Crippen LogP contribution is 2.26. The summed E-state index contributed by atoms with van der Waals surface area (Å²) in [6.07, 6.45) is 0. The van der Waals surface area contributed by atoms with E-state index >= 15 is 0 Å². The third-order valence-electron chi connectivity index (χ3n) is 3.39. The van der Waals surface area contributed by atoms with Crippen molar-refractivity contribution in [1.29, 1.82) is 0 Å². The van der Waals surface area contributed by atoms with Gasteiger partial charge in [0.15, 0.2) is 5.16 Å². The molecule has 0 saturated carbocycles. The Balaban J connectivity index is 1.76. The maximum atomic E-state index is 11.8. The number of nitrogens with zero attached hydrogens (tertiary/aromatic N) is 1. The van der Waals surface area contributed by atoms with E-state index in [0.29, 0.717) is 23.6 Å². The maximum absolute atomic E-state index is 11.8. The predicted octanol–water partition coefficient (Wildman–Crippen LogP) is 3.61. The number of benzene rings is 2. The van der Waals surface area contributed by atoms with Gasteiger partial charge in [-0.2, -0.15) is 0 Å². The Morgan fingerprint density at radius 3 is 2.91 bits per heavy atom. The molecule has 23 heavy (non-hydrogen) atoms. The zero-order valence-corrected chi connectivity index (χ0v) is 13.5. The molecule has 118 valence electrons. The molecule has 0 unspecified atom stereocenters. The minimum atomic E-state index is -0.331. The number of hydrogen-bond acceptors (Lipinski definition) is 5. The van der Waals surface area contributed by atoms with Crippen molar-refractivity contribution < 1.29 is 9.53 Å². The van der Waals surface area contributed by atoms with Crippen molar-refractivity contribution in [3.05, 3.63) is 53.6 Å². The second-order valence-corrected chi connectivity index (χ2v) is 5.95. The number of rotatable bonds is 5. The number of para-hydroxylation sites is 2. The van der Waals surface area contributed by atoms with Crippen molar-refractivity contribution in [2.45, 2.75) is 17.8 Å². The van der Waals surface area contributed by atoms with Crippen LogP contribution in [0, 0.1) is 0 Å². The Hall–Kier alpha value is -2.47. The van der Waals surface area contributed by atoms with Crippen molar-refractivity contribution in [1.82, 2.24) is 9.97 Å². The molecule has 1 heterocycles. The van der Waals surface area contributed by atoms with Crippen LogP contribution < -0.4 is 5.73 Å². The van der Waals surface area contributed by atoms with E-state index < -0.39 is 0 Å². The first-order valence-electron chi connectivity index (χ1n) is 7.30. The molecule has 0 saturated heterocycles. The topological polar surface area (TPSA) is 81.0 Å². The van der Waals surface area contributed by atoms with Crippen LogP contribution in [0.2, 0.25) is 0 Å². The molecule has 6 heteroatoms. The van der Waals surface area contributed by atoms with Crippen LogP contribution in [0.4, 0.5) is 5.69 Å². The van der Waals surface area contributed by atoms with E-state index in [4.69, 9.17) is 10.5 Å². The molecule has 0 aliphatic carbocycles. The van der Waals surface area contributed by atoms with Crippen LogP contribution in [-0.2, 0) is 10.5 Å². The van der Waals surface area contributed by atoms with E-state index in [9.17, 15) is 4.79 Å². The van der Waals surface area contributed by atoms with Crippen LogP contribution in [0.1, 0.15) is 22.8 Å². The normalized spacial score (nSPS) is 10.8. The van der Waals surface area contributed by atoms with Crippen molar-refractivity contribution in [2.24, 2.45) is 0 Å². The quantitative estimate of drug-likeness (QED) is 0.425. The standard InChI is InChI=1S/C17H17N3O2S/c1-2-22-16(21)11-7-8-13(18)12(9-11)10-23-17-19-14-5-3-4-6-15(14)20-17/h3-9H,2,10,18H2,1H3,(H,19,20). The van der Waals surface area contributed by atoms with Gasteiger partial charge >= 0.3 is 5.97 Å². The summed E-state index contributed by atoms with van der Waals surface area (Å²) in [5.74, 6) is 0.293. The number of thioether (sulfide) groups is 1. The van der Waals surface area contributed by atoms with Gasteiger partial charge in [-0.05, 0) is 42.8 Å². The van der Waals surface area contributed by atoms with Crippen LogP contribution in [0.25, 0.3) is 11.0 Å². The molecule has 0 aliphatic rings. The van der Waals surface area contributed by atoms with Gasteiger partial charge in [0.05, 0.1) is 23.2 Å². The van der Waals surface area contributed by atoms with Gasteiger partial charge in [0.1, 0.15) is 0 Å². The van der Waals surface area contributed by atoms with Crippen molar-refractivity contribution in [3.63, 3.8) is 0 Å². The summed E-state index contributed by atoms with van der Waals surface area (Å²) < 4.78 is 5.02. The largest absolute Gasteiger partial charge is 0.462 e. The van der Waals surface area contributed by atoms with Gasteiger partial charge in [-0.25, -0.2) is 9.78 Å². The second kappa shape index (κ2) is 6.75. The fourth-order valence-electron chi connectivity index (χ4n) is 2.22. The molecular formula is C17H17N3O2S. The molecule has 0 bridgehead atoms. The zero-order valence-electron chi connectivity index (χ0n) is 12.7. The SMILES string of the molecule is CCOC(=O)c1ccc(N)c(CSc2nc3ccccc3[nH]2)c1. The van der Waals surface area contributed by atoms with Gasteiger partial charge in [0.2, 0.25) is 0 Å². The number of carbonyl (C=O) groups excluding carboxylic acids is 1. The van der Waals surface area contributed by atoms with E-state index in [1.165, 1.54) is 0 Å². The third kappa shape index (κ3) is 3.48. The zero-order chi connectivity index (χ0) is 16.2. The van der Waals surface area contributed by atoms with Gasteiger partial charge < -0.3 is 15.5 Å². The number of esters is 1. The first-order chi connectivity index (χ1) is 11.2. The number of carbonyl (C=O) groups is 1. The summed E-state index contributed by atoms with van der Waals surface area (Å²) in [6.45, 7) is 2.14. The summed E-state index contributed by atoms with van der Waals surface area (Å²) >= 11 is 1.55. The van der Waals surface area contributed by atoms with Crippen LogP contribution in [-0.4, -0.2) is 22.5 Å². The lowest BCUT2D eigenvalue weighted by molar-refractivity contribution is 0.0526. The Kier molecular flexibility index (Phi) is 4.52. The summed E-state index contributed by atoms with van der Waals surface area (Å²) in [7, 11) is 0. The highest BCUT2D eigenvalue weighted by atomic mass is 32.2. The molecular weight excluding hydrogens is 310 g/mol. The van der Waals surface area contributed by atoms with Gasteiger partial charge in [0, 0.05) is 11.4 Å². The van der Waals surface area contributed by atoms with Crippen molar-refractivity contribution >= 4 is 34.5 Å². The molecule has 0 radical (unpaired) electrons. The molecule has 3 rings (SSSR count). The summed E-state index contributed by atoms with van der Waals surface area (Å²) in [5.41, 5.74) is 10.0. The summed E-state index contributed by atoms with van der Waals surface area (Å²) in [5, 5.41) is 0.826. The molecule has 5 nitrogen and oxygen atoms in total. The van der Waals surface area contributed by atoms with E-state index in [0.717, 1.165) is 21.8 Å². The summed E-state index contributed by atoms with van der Waals surface area (Å²) in [6, 6.07) is 13.1. The maximum Gasteiger partial charge on any atom is 0.338 e. The molecule has 0 amide bonds. The lowest BCUT2D eigenvalue weighted by atomic mass is 10.1. The lowest BCUT2D eigenvalue weighted by Gasteiger charge is -2.07. The molecule has 3 aromatic rings. The number of nitrogens with two attached hydrogens (primary N) is 1. The van der Waals surface area contributed by atoms with Gasteiger partial charge in [0.25, 0.3) is 0 Å². The lowest BCUT2D eigenvalue weighted by Crippen LogP contribution is -2.06. The number of anilines is 1. The smallest absolute Gasteiger partial charge is 0.338 e. The summed E-state index contributed by atoms with van der Waals surface area (Å²) in [4.78, 5) is 19.6. The van der Waals surface area contributed by atoms with Crippen LogP contribution in [0.3, 0.4) is 0 Å². The minimum absolute atomic E-state index is 0.331. The fourth-order valence-corrected chi connectivity index (χ4v) is 3.10. The number of aromatic amines is 1. The number of hydrogen-bond donors (Lipinski definition) is 2. The fraction of sp³-hybridized carbons (Fsp3) is 0.176. The average molecular weight is 327 g/mol. The van der Waals surface area contributed by atoms with E-state index in [1.54, 1.807) is 36.9 Å². The van der Waals surface area contributed by atoms with E-state index in [-0.39, 0.29) is 5.97 Å². The average Bonchev–Trinajstić information content (AvgIpc) is 2.97. The molecule has 1 aromatic heterocycles. The molecule has 3 N–H and O–H groups in total. The first-order valence-corrected chi connectivity index (χ1v) is 8.29. The van der Waals surface area contributed by atoms with Crippen LogP contribution >= 0.6 is 11.8 Å². The second-order valence-electron chi connectivity index (χ2n) is 4.98. The van der Waals surface area contributed by atoms with E-state index in [2.05, 4.69) is 9.97 Å². The Labute approximate surface area is 138 Å². The molecule has 0 aliphatic heterocycles. The number of ether oxygens (including phenoxy) is 1. The van der Waals surface area contributed by atoms with Crippen molar-refractivity contribution in [2.75, 3.05) is 12.3 Å². The number of H-pyrrole nitrogens is 1. The number of nitrogens with one attached hydrogen (secondary N) is 1. The van der Waals surface area contributed by atoms with Crippen molar-refractivity contribution in [3.8, 4) is 0 Å². The Morgan fingerprint density at radius 1 is 1.30 bits per heavy atom. The molecule has 2 aromatic carbocycles. The number of nitrogen functional groups attached to an aromatic ring is 1. The molecule has 0 fully saturated rings.